The van der Waals surface area contributed by atoms with Crippen molar-refractivity contribution in [2.24, 2.45) is 0 Å². The highest BCUT2D eigenvalue weighted by atomic mass is 32.1. The van der Waals surface area contributed by atoms with E-state index in [1.165, 1.54) is 17.4 Å². The molecular formula is C11H14N2O3S. The molecule has 1 heterocycles. The number of carboxylic acids is 1. The van der Waals surface area contributed by atoms with Crippen LogP contribution in [-0.4, -0.2) is 22.0 Å². The first-order valence-corrected chi connectivity index (χ1v) is 6.06. The summed E-state index contributed by atoms with van der Waals surface area (Å²) in [6, 6.07) is 0. The molecule has 0 aliphatic heterocycles. The zero-order chi connectivity index (χ0) is 12.7. The summed E-state index contributed by atoms with van der Waals surface area (Å²) in [6.07, 6.45) is 3.08. The maximum Gasteiger partial charge on any atom is 0.303 e. The Balaban J connectivity index is 2.39. The van der Waals surface area contributed by atoms with E-state index in [-0.39, 0.29) is 18.7 Å². The average Bonchev–Trinajstić information content (AvgIpc) is 2.65. The lowest BCUT2D eigenvalue weighted by Gasteiger charge is -1.97. The van der Waals surface area contributed by atoms with Gasteiger partial charge in [0.05, 0.1) is 5.69 Å². The molecule has 0 saturated heterocycles. The van der Waals surface area contributed by atoms with Gasteiger partial charge in [0, 0.05) is 18.2 Å². The smallest absolute Gasteiger partial charge is 0.303 e. The Bertz CT molecular complexity index is 415. The third-order valence-corrected chi connectivity index (χ3v) is 2.76. The van der Waals surface area contributed by atoms with Gasteiger partial charge in [0.1, 0.15) is 0 Å². The van der Waals surface area contributed by atoms with E-state index < -0.39 is 5.97 Å². The second-order valence-electron chi connectivity index (χ2n) is 3.43. The standard InChI is InChI=1S/C11H14N2O3S/c1-2-4-9(14)13-11-12-8(7-17-11)5-3-6-10(15)16/h2,7H,1,3-6H2,(H,15,16)(H,12,13,14). The van der Waals surface area contributed by atoms with Crippen LogP contribution in [0.25, 0.3) is 0 Å². The monoisotopic (exact) mass is 254 g/mol. The van der Waals surface area contributed by atoms with Crippen LogP contribution < -0.4 is 5.32 Å². The van der Waals surface area contributed by atoms with Crippen LogP contribution in [0.5, 0.6) is 0 Å². The van der Waals surface area contributed by atoms with Gasteiger partial charge in [-0.25, -0.2) is 4.98 Å². The average molecular weight is 254 g/mol. The van der Waals surface area contributed by atoms with Crippen LogP contribution in [0.1, 0.15) is 25.0 Å². The minimum atomic E-state index is -0.806. The van der Waals surface area contributed by atoms with Crippen molar-refractivity contribution in [1.82, 2.24) is 4.98 Å². The van der Waals surface area contributed by atoms with E-state index >= 15 is 0 Å². The Hall–Kier alpha value is -1.69. The van der Waals surface area contributed by atoms with Crippen molar-refractivity contribution in [3.8, 4) is 0 Å². The number of aliphatic carboxylic acids is 1. The Morgan fingerprint density at radius 1 is 1.59 bits per heavy atom. The van der Waals surface area contributed by atoms with Crippen LogP contribution in [0.4, 0.5) is 5.13 Å². The quantitative estimate of drug-likeness (QED) is 0.730. The van der Waals surface area contributed by atoms with Gasteiger partial charge in [0.25, 0.3) is 0 Å². The molecule has 0 unspecified atom stereocenters. The summed E-state index contributed by atoms with van der Waals surface area (Å²) in [5, 5.41) is 13.5. The fourth-order valence-corrected chi connectivity index (χ4v) is 1.96. The van der Waals surface area contributed by atoms with Crippen LogP contribution in [0.3, 0.4) is 0 Å². The zero-order valence-electron chi connectivity index (χ0n) is 9.31. The Kier molecular flexibility index (Phi) is 5.35. The number of hydrogen-bond donors (Lipinski definition) is 2. The molecule has 0 atom stereocenters. The number of carbonyl (C=O) groups excluding carboxylic acids is 1. The summed E-state index contributed by atoms with van der Waals surface area (Å²) in [5.41, 5.74) is 0.810. The van der Waals surface area contributed by atoms with Crippen molar-refractivity contribution >= 4 is 28.3 Å². The van der Waals surface area contributed by atoms with Crippen LogP contribution in [0.2, 0.25) is 0 Å². The maximum absolute atomic E-state index is 11.2. The molecule has 0 aliphatic rings. The molecule has 6 heteroatoms. The number of thiazole rings is 1. The van der Waals surface area contributed by atoms with E-state index in [2.05, 4.69) is 16.9 Å². The number of carboxylic acid groups (broad SMARTS) is 1. The summed E-state index contributed by atoms with van der Waals surface area (Å²) >= 11 is 1.34. The van der Waals surface area contributed by atoms with Crippen LogP contribution in [-0.2, 0) is 16.0 Å². The fourth-order valence-electron chi connectivity index (χ4n) is 1.20. The summed E-state index contributed by atoms with van der Waals surface area (Å²) < 4.78 is 0. The largest absolute Gasteiger partial charge is 0.481 e. The lowest BCUT2D eigenvalue weighted by Crippen LogP contribution is -2.09. The molecule has 0 aliphatic carbocycles. The highest BCUT2D eigenvalue weighted by molar-refractivity contribution is 7.13. The summed E-state index contributed by atoms with van der Waals surface area (Å²) in [5.74, 6) is -0.953. The first kappa shape index (κ1) is 13.4. The zero-order valence-corrected chi connectivity index (χ0v) is 10.1. The first-order chi connectivity index (χ1) is 8.11. The molecule has 2 N–H and O–H groups in total. The highest BCUT2D eigenvalue weighted by Gasteiger charge is 2.06. The molecule has 0 spiro atoms. The molecule has 0 bridgehead atoms. The number of carbonyl (C=O) groups is 2. The molecule has 0 saturated carbocycles. The molecule has 92 valence electrons. The number of anilines is 1. The van der Waals surface area contributed by atoms with Crippen molar-refractivity contribution < 1.29 is 14.7 Å². The number of aryl methyl sites for hydroxylation is 1. The molecule has 0 radical (unpaired) electrons. The van der Waals surface area contributed by atoms with Gasteiger partial charge in [0.15, 0.2) is 5.13 Å². The van der Waals surface area contributed by atoms with E-state index in [1.54, 1.807) is 0 Å². The van der Waals surface area contributed by atoms with Gasteiger partial charge in [-0.15, -0.1) is 17.9 Å². The maximum atomic E-state index is 11.2. The van der Waals surface area contributed by atoms with E-state index in [9.17, 15) is 9.59 Å². The number of amides is 1. The second-order valence-corrected chi connectivity index (χ2v) is 4.29. The number of hydrogen-bond acceptors (Lipinski definition) is 4. The lowest BCUT2D eigenvalue weighted by molar-refractivity contribution is -0.137. The molecule has 0 aromatic carbocycles. The predicted octanol–water partition coefficient (Wildman–Crippen LogP) is 2.06. The third-order valence-electron chi connectivity index (χ3n) is 1.95. The summed E-state index contributed by atoms with van der Waals surface area (Å²) in [4.78, 5) is 25.7. The number of nitrogens with one attached hydrogen (secondary N) is 1. The van der Waals surface area contributed by atoms with Crippen LogP contribution in [0.15, 0.2) is 18.0 Å². The normalized spacial score (nSPS) is 9.88. The topological polar surface area (TPSA) is 79.3 Å². The highest BCUT2D eigenvalue weighted by Crippen LogP contribution is 2.17. The molecule has 1 amide bonds. The van der Waals surface area contributed by atoms with Crippen molar-refractivity contribution in [3.05, 3.63) is 23.7 Å². The van der Waals surface area contributed by atoms with E-state index in [0.717, 1.165) is 5.69 Å². The molecule has 17 heavy (non-hydrogen) atoms. The summed E-state index contributed by atoms with van der Waals surface area (Å²) in [6.45, 7) is 3.47. The lowest BCUT2D eigenvalue weighted by atomic mass is 10.2. The number of rotatable bonds is 7. The van der Waals surface area contributed by atoms with E-state index in [4.69, 9.17) is 5.11 Å². The van der Waals surface area contributed by atoms with Gasteiger partial charge in [-0.1, -0.05) is 6.08 Å². The van der Waals surface area contributed by atoms with E-state index in [1.807, 2.05) is 5.38 Å². The van der Waals surface area contributed by atoms with Gasteiger partial charge >= 0.3 is 5.97 Å². The molecule has 5 nitrogen and oxygen atoms in total. The second kappa shape index (κ2) is 6.80. The van der Waals surface area contributed by atoms with Crippen molar-refractivity contribution in [2.45, 2.75) is 25.7 Å². The van der Waals surface area contributed by atoms with E-state index in [0.29, 0.717) is 18.0 Å². The number of nitrogens with zero attached hydrogens (tertiary/aromatic N) is 1. The van der Waals surface area contributed by atoms with Gasteiger partial charge in [0.2, 0.25) is 5.91 Å². The van der Waals surface area contributed by atoms with Gasteiger partial charge in [-0.3, -0.25) is 9.59 Å². The third kappa shape index (κ3) is 5.26. The molecule has 1 rings (SSSR count). The van der Waals surface area contributed by atoms with Crippen molar-refractivity contribution in [3.63, 3.8) is 0 Å². The van der Waals surface area contributed by atoms with Crippen LogP contribution in [0, 0.1) is 0 Å². The predicted molar refractivity (Wildman–Crippen MR) is 66.1 cm³/mol. The molecule has 1 aromatic rings. The molecular weight excluding hydrogens is 240 g/mol. The Morgan fingerprint density at radius 3 is 3.00 bits per heavy atom. The summed E-state index contributed by atoms with van der Waals surface area (Å²) in [7, 11) is 0. The number of aromatic nitrogens is 1. The van der Waals surface area contributed by atoms with Crippen molar-refractivity contribution in [2.75, 3.05) is 5.32 Å². The minimum Gasteiger partial charge on any atom is -0.481 e. The Morgan fingerprint density at radius 2 is 2.35 bits per heavy atom. The molecule has 1 aromatic heterocycles. The Labute approximate surface area is 103 Å². The minimum absolute atomic E-state index is 0.135. The van der Waals surface area contributed by atoms with Gasteiger partial charge < -0.3 is 10.4 Å². The van der Waals surface area contributed by atoms with Crippen molar-refractivity contribution in [1.29, 1.82) is 0 Å². The van der Waals surface area contributed by atoms with Gasteiger partial charge in [-0.2, -0.15) is 0 Å². The first-order valence-electron chi connectivity index (χ1n) is 5.18. The SMILES string of the molecule is C=CCC(=O)Nc1nc(CCCC(=O)O)cs1. The fraction of sp³-hybridized carbons (Fsp3) is 0.364. The molecule has 0 fully saturated rings. The van der Waals surface area contributed by atoms with Gasteiger partial charge in [-0.05, 0) is 12.8 Å². The van der Waals surface area contributed by atoms with Crippen LogP contribution >= 0.6 is 11.3 Å².